The fourth-order valence-corrected chi connectivity index (χ4v) is 2.33. The Labute approximate surface area is 133 Å². The van der Waals surface area contributed by atoms with Crippen molar-refractivity contribution < 1.29 is 19.6 Å². The van der Waals surface area contributed by atoms with E-state index < -0.39 is 10.8 Å². The summed E-state index contributed by atoms with van der Waals surface area (Å²) >= 11 is 0. The van der Waals surface area contributed by atoms with Crippen LogP contribution in [0.3, 0.4) is 0 Å². The SMILES string of the molecule is COc1ccc(C(CC(=O)c2ccc(O)cc2)C[N+](=O)[O-])cc1. The molecule has 1 N–H and O–H groups in total. The number of nitro groups is 1. The van der Waals surface area contributed by atoms with Crippen LogP contribution in [0.1, 0.15) is 28.3 Å². The zero-order valence-electron chi connectivity index (χ0n) is 12.6. The van der Waals surface area contributed by atoms with E-state index >= 15 is 0 Å². The number of methoxy groups -OCH3 is 1. The minimum atomic E-state index is -0.516. The van der Waals surface area contributed by atoms with Crippen molar-refractivity contribution >= 4 is 5.78 Å². The molecule has 2 aromatic rings. The second kappa shape index (κ2) is 7.40. The van der Waals surface area contributed by atoms with Crippen molar-refractivity contribution in [2.75, 3.05) is 13.7 Å². The van der Waals surface area contributed by atoms with Gasteiger partial charge in [0.2, 0.25) is 6.54 Å². The maximum absolute atomic E-state index is 12.3. The molecule has 0 aromatic heterocycles. The van der Waals surface area contributed by atoms with E-state index in [1.165, 1.54) is 31.4 Å². The van der Waals surface area contributed by atoms with Gasteiger partial charge in [0.1, 0.15) is 11.5 Å². The van der Waals surface area contributed by atoms with Crippen LogP contribution in [-0.2, 0) is 0 Å². The number of aromatic hydroxyl groups is 1. The number of rotatable bonds is 7. The zero-order valence-corrected chi connectivity index (χ0v) is 12.6. The molecule has 0 aliphatic carbocycles. The van der Waals surface area contributed by atoms with Gasteiger partial charge in [-0.25, -0.2) is 0 Å². The summed E-state index contributed by atoms with van der Waals surface area (Å²) in [5, 5.41) is 20.2. The number of carbonyl (C=O) groups excluding carboxylic acids is 1. The van der Waals surface area contributed by atoms with Gasteiger partial charge in [-0.3, -0.25) is 14.9 Å². The van der Waals surface area contributed by atoms with Gasteiger partial charge in [0.25, 0.3) is 0 Å². The lowest BCUT2D eigenvalue weighted by molar-refractivity contribution is -0.483. The number of Topliss-reactive ketones (excluding diaryl/α,β-unsaturated/α-hetero) is 1. The summed E-state index contributed by atoms with van der Waals surface area (Å²) < 4.78 is 5.07. The zero-order chi connectivity index (χ0) is 16.8. The first kappa shape index (κ1) is 16.5. The molecule has 0 heterocycles. The molecule has 0 bridgehead atoms. The van der Waals surface area contributed by atoms with Crippen LogP contribution in [0.15, 0.2) is 48.5 Å². The van der Waals surface area contributed by atoms with Gasteiger partial charge >= 0.3 is 0 Å². The summed E-state index contributed by atoms with van der Waals surface area (Å²) in [4.78, 5) is 22.8. The average molecular weight is 315 g/mol. The lowest BCUT2D eigenvalue weighted by Crippen LogP contribution is -2.16. The molecule has 1 unspecified atom stereocenters. The van der Waals surface area contributed by atoms with E-state index in [1.807, 2.05) is 0 Å². The number of ketones is 1. The largest absolute Gasteiger partial charge is 0.508 e. The van der Waals surface area contributed by atoms with Crippen LogP contribution in [-0.4, -0.2) is 29.5 Å². The monoisotopic (exact) mass is 315 g/mol. The van der Waals surface area contributed by atoms with Gasteiger partial charge in [0.05, 0.1) is 13.0 Å². The Morgan fingerprint density at radius 3 is 2.30 bits per heavy atom. The molecule has 120 valence electrons. The average Bonchev–Trinajstić information content (AvgIpc) is 2.54. The number of carbonyl (C=O) groups is 1. The molecule has 6 heteroatoms. The van der Waals surface area contributed by atoms with Crippen molar-refractivity contribution in [1.29, 1.82) is 0 Å². The molecule has 2 rings (SSSR count). The normalized spacial score (nSPS) is 11.7. The van der Waals surface area contributed by atoms with Gasteiger partial charge in [-0.1, -0.05) is 12.1 Å². The first-order valence-corrected chi connectivity index (χ1v) is 7.07. The Morgan fingerprint density at radius 2 is 1.78 bits per heavy atom. The molecule has 0 fully saturated rings. The van der Waals surface area contributed by atoms with E-state index in [0.29, 0.717) is 11.3 Å². The van der Waals surface area contributed by atoms with Crippen molar-refractivity contribution in [2.45, 2.75) is 12.3 Å². The van der Waals surface area contributed by atoms with Crippen molar-refractivity contribution in [3.63, 3.8) is 0 Å². The van der Waals surface area contributed by atoms with Crippen LogP contribution < -0.4 is 4.74 Å². The number of hydrogen-bond donors (Lipinski definition) is 1. The second-order valence-electron chi connectivity index (χ2n) is 5.16. The highest BCUT2D eigenvalue weighted by atomic mass is 16.6. The summed E-state index contributed by atoms with van der Waals surface area (Å²) in [5.41, 5.74) is 1.14. The molecule has 0 radical (unpaired) electrons. The maximum Gasteiger partial charge on any atom is 0.211 e. The standard InChI is InChI=1S/C17H17NO5/c1-23-16-8-4-12(5-9-16)14(11-18(21)22)10-17(20)13-2-6-15(19)7-3-13/h2-9,14,19H,10-11H2,1H3. The Morgan fingerprint density at radius 1 is 1.17 bits per heavy atom. The Bertz CT molecular complexity index is 679. The van der Waals surface area contributed by atoms with Crippen LogP contribution in [0.2, 0.25) is 0 Å². The molecule has 0 aliphatic rings. The first-order chi connectivity index (χ1) is 11.0. The fourth-order valence-electron chi connectivity index (χ4n) is 2.33. The Balaban J connectivity index is 2.18. The highest BCUT2D eigenvalue weighted by Crippen LogP contribution is 2.25. The van der Waals surface area contributed by atoms with E-state index in [2.05, 4.69) is 0 Å². The smallest absolute Gasteiger partial charge is 0.211 e. The van der Waals surface area contributed by atoms with Crippen molar-refractivity contribution in [1.82, 2.24) is 0 Å². The summed E-state index contributed by atoms with van der Waals surface area (Å²) in [6, 6.07) is 12.8. The highest BCUT2D eigenvalue weighted by Gasteiger charge is 2.22. The third kappa shape index (κ3) is 4.54. The Kier molecular flexibility index (Phi) is 5.30. The van der Waals surface area contributed by atoms with Crippen LogP contribution in [0.4, 0.5) is 0 Å². The van der Waals surface area contributed by atoms with Crippen LogP contribution in [0.5, 0.6) is 11.5 Å². The minimum absolute atomic E-state index is 0.0259. The van der Waals surface area contributed by atoms with Crippen molar-refractivity contribution in [2.24, 2.45) is 0 Å². The van der Waals surface area contributed by atoms with E-state index in [-0.39, 0.29) is 24.5 Å². The summed E-state index contributed by atoms with van der Waals surface area (Å²) in [7, 11) is 1.54. The number of phenols is 1. The summed E-state index contributed by atoms with van der Waals surface area (Å²) in [5.74, 6) is 0.00175. The predicted octanol–water partition coefficient (Wildman–Crippen LogP) is 3.03. The molecule has 6 nitrogen and oxygen atoms in total. The molecular formula is C17H17NO5. The summed E-state index contributed by atoms with van der Waals surface area (Å²) in [6.07, 6.45) is 0.0259. The van der Waals surface area contributed by atoms with Gasteiger partial charge in [0.15, 0.2) is 5.78 Å². The van der Waals surface area contributed by atoms with E-state index in [9.17, 15) is 20.0 Å². The van der Waals surface area contributed by atoms with Crippen LogP contribution >= 0.6 is 0 Å². The maximum atomic E-state index is 12.3. The highest BCUT2D eigenvalue weighted by molar-refractivity contribution is 5.96. The quantitative estimate of drug-likeness (QED) is 0.482. The molecule has 23 heavy (non-hydrogen) atoms. The number of ether oxygens (including phenoxy) is 1. The van der Waals surface area contributed by atoms with E-state index in [1.54, 1.807) is 24.3 Å². The molecule has 0 aliphatic heterocycles. The molecule has 0 spiro atoms. The van der Waals surface area contributed by atoms with E-state index in [0.717, 1.165) is 5.56 Å². The van der Waals surface area contributed by atoms with Gasteiger partial charge < -0.3 is 9.84 Å². The lowest BCUT2D eigenvalue weighted by atomic mass is 9.91. The molecule has 2 aromatic carbocycles. The predicted molar refractivity (Wildman–Crippen MR) is 84.7 cm³/mol. The molecule has 1 atom stereocenters. The Hall–Kier alpha value is -2.89. The van der Waals surface area contributed by atoms with Gasteiger partial charge in [0, 0.05) is 16.9 Å². The van der Waals surface area contributed by atoms with Crippen molar-refractivity contribution in [3.8, 4) is 11.5 Å². The first-order valence-electron chi connectivity index (χ1n) is 7.07. The van der Waals surface area contributed by atoms with E-state index in [4.69, 9.17) is 4.74 Å². The van der Waals surface area contributed by atoms with Crippen LogP contribution in [0, 0.1) is 10.1 Å². The molecule has 0 saturated carbocycles. The number of nitrogens with zero attached hydrogens (tertiary/aromatic N) is 1. The summed E-state index contributed by atoms with van der Waals surface area (Å²) in [6.45, 7) is -0.323. The number of hydrogen-bond acceptors (Lipinski definition) is 5. The van der Waals surface area contributed by atoms with Crippen LogP contribution in [0.25, 0.3) is 0 Å². The number of benzene rings is 2. The lowest BCUT2D eigenvalue weighted by Gasteiger charge is -2.13. The fraction of sp³-hybridized carbons (Fsp3) is 0.235. The van der Waals surface area contributed by atoms with Crippen molar-refractivity contribution in [3.05, 3.63) is 69.8 Å². The molecule has 0 saturated heterocycles. The number of phenolic OH excluding ortho intramolecular Hbond substituents is 1. The molecule has 0 amide bonds. The third-order valence-electron chi connectivity index (χ3n) is 3.58. The minimum Gasteiger partial charge on any atom is -0.508 e. The van der Waals surface area contributed by atoms with Gasteiger partial charge in [-0.2, -0.15) is 0 Å². The third-order valence-corrected chi connectivity index (χ3v) is 3.58. The second-order valence-corrected chi connectivity index (χ2v) is 5.16. The topological polar surface area (TPSA) is 89.7 Å². The van der Waals surface area contributed by atoms with Gasteiger partial charge in [-0.05, 0) is 42.0 Å². The van der Waals surface area contributed by atoms with Gasteiger partial charge in [-0.15, -0.1) is 0 Å². The molecular weight excluding hydrogens is 298 g/mol.